The van der Waals surface area contributed by atoms with Crippen LogP contribution in [0.3, 0.4) is 0 Å². The molecule has 5 heteroatoms. The lowest BCUT2D eigenvalue weighted by Crippen LogP contribution is -2.26. The van der Waals surface area contributed by atoms with E-state index in [-0.39, 0.29) is 13.2 Å². The predicted molar refractivity (Wildman–Crippen MR) is 97.6 cm³/mol. The molecule has 2 aromatic carbocycles. The summed E-state index contributed by atoms with van der Waals surface area (Å²) in [6.07, 6.45) is 0. The highest BCUT2D eigenvalue weighted by Gasteiger charge is 2.31. The number of halogens is 1. The normalized spacial score (nSPS) is 10.6. The molecule has 0 heterocycles. The first-order chi connectivity index (χ1) is 12.0. The molecule has 0 aliphatic rings. The maximum absolute atomic E-state index is 12.3. The van der Waals surface area contributed by atoms with Crippen molar-refractivity contribution in [3.8, 4) is 11.1 Å². The molecule has 0 unspecified atom stereocenters. The fourth-order valence-corrected chi connectivity index (χ4v) is 2.80. The second-order valence-electron chi connectivity index (χ2n) is 5.47. The van der Waals surface area contributed by atoms with Crippen LogP contribution in [0.4, 0.5) is 0 Å². The molecule has 25 heavy (non-hydrogen) atoms. The Morgan fingerprint density at radius 2 is 1.60 bits per heavy atom. The molecule has 4 nitrogen and oxygen atoms in total. The summed E-state index contributed by atoms with van der Waals surface area (Å²) in [5, 5.41) is 0.662. The SMILES string of the molecule is CCOC(=O)C(C(=O)OCC)c1cccc(-c2cccc(Cl)c2C)c1. The molecule has 0 saturated heterocycles. The van der Waals surface area contributed by atoms with Gasteiger partial charge in [0.25, 0.3) is 0 Å². The van der Waals surface area contributed by atoms with Crippen molar-refractivity contribution in [1.82, 2.24) is 0 Å². The molecule has 0 bridgehead atoms. The first-order valence-corrected chi connectivity index (χ1v) is 8.56. The van der Waals surface area contributed by atoms with Crippen LogP contribution in [-0.2, 0) is 19.1 Å². The Morgan fingerprint density at radius 1 is 1.00 bits per heavy atom. The van der Waals surface area contributed by atoms with Gasteiger partial charge in [-0.1, -0.05) is 41.9 Å². The standard InChI is InChI=1S/C20H21ClO4/c1-4-24-19(22)18(20(23)25-5-2)15-9-6-8-14(12-15)16-10-7-11-17(21)13(16)3/h6-12,18H,4-5H2,1-3H3. The lowest BCUT2D eigenvalue weighted by molar-refractivity contribution is -0.156. The first-order valence-electron chi connectivity index (χ1n) is 8.18. The minimum Gasteiger partial charge on any atom is -0.465 e. The number of hydrogen-bond donors (Lipinski definition) is 0. The van der Waals surface area contributed by atoms with Gasteiger partial charge in [-0.15, -0.1) is 0 Å². The van der Waals surface area contributed by atoms with Gasteiger partial charge in [0.15, 0.2) is 5.92 Å². The van der Waals surface area contributed by atoms with Gasteiger partial charge in [-0.3, -0.25) is 9.59 Å². The third kappa shape index (κ3) is 4.40. The van der Waals surface area contributed by atoms with Crippen LogP contribution < -0.4 is 0 Å². The van der Waals surface area contributed by atoms with Gasteiger partial charge in [0.05, 0.1) is 13.2 Å². The lowest BCUT2D eigenvalue weighted by atomic mass is 9.93. The number of benzene rings is 2. The van der Waals surface area contributed by atoms with Gasteiger partial charge in [-0.05, 0) is 55.2 Å². The second-order valence-corrected chi connectivity index (χ2v) is 5.88. The number of carbonyl (C=O) groups is 2. The van der Waals surface area contributed by atoms with Crippen LogP contribution in [0.1, 0.15) is 30.9 Å². The van der Waals surface area contributed by atoms with E-state index < -0.39 is 17.9 Å². The van der Waals surface area contributed by atoms with Crippen LogP contribution in [0.15, 0.2) is 42.5 Å². The molecule has 0 atom stereocenters. The van der Waals surface area contributed by atoms with E-state index in [9.17, 15) is 9.59 Å². The summed E-state index contributed by atoms with van der Waals surface area (Å²) in [6, 6.07) is 12.9. The van der Waals surface area contributed by atoms with Crippen LogP contribution in [0.5, 0.6) is 0 Å². The fourth-order valence-electron chi connectivity index (χ4n) is 2.63. The quantitative estimate of drug-likeness (QED) is 0.561. The molecule has 2 aromatic rings. The molecule has 0 spiro atoms. The highest BCUT2D eigenvalue weighted by atomic mass is 35.5. The molecular weight excluding hydrogens is 340 g/mol. The predicted octanol–water partition coefficient (Wildman–Crippen LogP) is 4.53. The van der Waals surface area contributed by atoms with Crippen molar-refractivity contribution in [3.63, 3.8) is 0 Å². The largest absolute Gasteiger partial charge is 0.465 e. The van der Waals surface area contributed by atoms with Crippen molar-refractivity contribution in [1.29, 1.82) is 0 Å². The van der Waals surface area contributed by atoms with E-state index in [1.807, 2.05) is 31.2 Å². The maximum Gasteiger partial charge on any atom is 0.324 e. The molecule has 0 amide bonds. The van der Waals surface area contributed by atoms with Crippen molar-refractivity contribution in [2.24, 2.45) is 0 Å². The summed E-state index contributed by atoms with van der Waals surface area (Å²) in [5.74, 6) is -2.32. The van der Waals surface area contributed by atoms with E-state index in [1.165, 1.54) is 0 Å². The van der Waals surface area contributed by atoms with Crippen LogP contribution in [0, 0.1) is 6.92 Å². The summed E-state index contributed by atoms with van der Waals surface area (Å²) in [7, 11) is 0. The second kappa shape index (κ2) is 8.67. The fraction of sp³-hybridized carbons (Fsp3) is 0.300. The highest BCUT2D eigenvalue weighted by molar-refractivity contribution is 6.31. The van der Waals surface area contributed by atoms with Crippen molar-refractivity contribution >= 4 is 23.5 Å². The summed E-state index contributed by atoms with van der Waals surface area (Å²) < 4.78 is 10.1. The van der Waals surface area contributed by atoms with Crippen molar-refractivity contribution in [2.45, 2.75) is 26.7 Å². The molecule has 0 fully saturated rings. The van der Waals surface area contributed by atoms with E-state index in [0.717, 1.165) is 16.7 Å². The Balaban J connectivity index is 2.47. The third-order valence-corrected chi connectivity index (χ3v) is 4.25. The van der Waals surface area contributed by atoms with Gasteiger partial charge in [0, 0.05) is 5.02 Å². The van der Waals surface area contributed by atoms with Gasteiger partial charge >= 0.3 is 11.9 Å². The van der Waals surface area contributed by atoms with Crippen molar-refractivity contribution in [3.05, 3.63) is 58.6 Å². The molecule has 0 aliphatic carbocycles. The van der Waals surface area contributed by atoms with Crippen molar-refractivity contribution in [2.75, 3.05) is 13.2 Å². The van der Waals surface area contributed by atoms with Crippen LogP contribution in [-0.4, -0.2) is 25.2 Å². The minimum atomic E-state index is -1.10. The third-order valence-electron chi connectivity index (χ3n) is 3.84. The van der Waals surface area contributed by atoms with Gasteiger partial charge in [-0.25, -0.2) is 0 Å². The average Bonchev–Trinajstić information content (AvgIpc) is 2.58. The first kappa shape index (κ1) is 19.0. The number of carbonyl (C=O) groups excluding carboxylic acids is 2. The molecule has 132 valence electrons. The lowest BCUT2D eigenvalue weighted by Gasteiger charge is -2.16. The molecule has 0 saturated carbocycles. The van der Waals surface area contributed by atoms with E-state index in [1.54, 1.807) is 32.0 Å². The van der Waals surface area contributed by atoms with Crippen LogP contribution >= 0.6 is 11.6 Å². The van der Waals surface area contributed by atoms with Gasteiger partial charge in [0.2, 0.25) is 0 Å². The summed E-state index contributed by atoms with van der Waals surface area (Å²) in [6.45, 7) is 5.72. The zero-order chi connectivity index (χ0) is 18.4. The number of rotatable bonds is 6. The van der Waals surface area contributed by atoms with Gasteiger partial charge in [-0.2, -0.15) is 0 Å². The van der Waals surface area contributed by atoms with E-state index >= 15 is 0 Å². The van der Waals surface area contributed by atoms with Crippen LogP contribution in [0.2, 0.25) is 5.02 Å². The molecular formula is C20H21ClO4. The van der Waals surface area contributed by atoms with Gasteiger partial charge in [0.1, 0.15) is 0 Å². The summed E-state index contributed by atoms with van der Waals surface area (Å²) in [5.41, 5.74) is 3.29. The van der Waals surface area contributed by atoms with Crippen molar-refractivity contribution < 1.29 is 19.1 Å². The number of ether oxygens (including phenoxy) is 2. The van der Waals surface area contributed by atoms with E-state index in [4.69, 9.17) is 21.1 Å². The zero-order valence-corrected chi connectivity index (χ0v) is 15.3. The summed E-state index contributed by atoms with van der Waals surface area (Å²) >= 11 is 6.20. The zero-order valence-electron chi connectivity index (χ0n) is 14.5. The smallest absolute Gasteiger partial charge is 0.324 e. The molecule has 0 N–H and O–H groups in total. The Labute approximate surface area is 152 Å². The molecule has 0 radical (unpaired) electrons. The Kier molecular flexibility index (Phi) is 6.59. The van der Waals surface area contributed by atoms with E-state index in [2.05, 4.69) is 0 Å². The molecule has 0 aromatic heterocycles. The summed E-state index contributed by atoms with van der Waals surface area (Å²) in [4.78, 5) is 24.6. The molecule has 2 rings (SSSR count). The topological polar surface area (TPSA) is 52.6 Å². The Hall–Kier alpha value is -2.33. The minimum absolute atomic E-state index is 0.196. The Bertz CT molecular complexity index is 752. The average molecular weight is 361 g/mol. The van der Waals surface area contributed by atoms with Gasteiger partial charge < -0.3 is 9.47 Å². The monoisotopic (exact) mass is 360 g/mol. The number of esters is 2. The Morgan fingerprint density at radius 3 is 2.20 bits per heavy atom. The molecule has 0 aliphatic heterocycles. The highest BCUT2D eigenvalue weighted by Crippen LogP contribution is 2.31. The van der Waals surface area contributed by atoms with Crippen LogP contribution in [0.25, 0.3) is 11.1 Å². The van der Waals surface area contributed by atoms with E-state index in [0.29, 0.717) is 10.6 Å². The maximum atomic E-state index is 12.3. The number of hydrogen-bond acceptors (Lipinski definition) is 4.